The van der Waals surface area contributed by atoms with Crippen LogP contribution in [0.15, 0.2) is 0 Å². The predicted octanol–water partition coefficient (Wildman–Crippen LogP) is 0.662. The Labute approximate surface area is 138 Å². The van der Waals surface area contributed by atoms with Crippen LogP contribution in [0.25, 0.3) is 0 Å². The Morgan fingerprint density at radius 1 is 1.04 bits per heavy atom. The van der Waals surface area contributed by atoms with Gasteiger partial charge in [0, 0.05) is 38.2 Å². The molecule has 6 nitrogen and oxygen atoms in total. The van der Waals surface area contributed by atoms with E-state index < -0.39 is 0 Å². The van der Waals surface area contributed by atoms with E-state index in [1.54, 1.807) is 0 Å². The highest BCUT2D eigenvalue weighted by molar-refractivity contribution is 5.79. The first-order chi connectivity index (χ1) is 11.2. The highest BCUT2D eigenvalue weighted by Crippen LogP contribution is 2.26. The van der Waals surface area contributed by atoms with Crippen LogP contribution in [-0.2, 0) is 14.3 Å². The minimum atomic E-state index is 0.0810. The summed E-state index contributed by atoms with van der Waals surface area (Å²) in [5, 5.41) is 6.14. The SMILES string of the molecule is O=C(CN1CCC(NC(=O)C2CCC2)CC1)NCC1CCCO1. The molecule has 3 fully saturated rings. The van der Waals surface area contributed by atoms with Gasteiger partial charge in [-0.25, -0.2) is 0 Å². The van der Waals surface area contributed by atoms with Crippen molar-refractivity contribution in [1.29, 1.82) is 0 Å². The number of nitrogens with zero attached hydrogens (tertiary/aromatic N) is 1. The van der Waals surface area contributed by atoms with Crippen LogP contribution >= 0.6 is 0 Å². The van der Waals surface area contributed by atoms with Crippen LogP contribution in [0.3, 0.4) is 0 Å². The molecule has 0 aromatic rings. The van der Waals surface area contributed by atoms with Crippen LogP contribution in [0, 0.1) is 5.92 Å². The molecule has 1 unspecified atom stereocenters. The molecule has 2 N–H and O–H groups in total. The predicted molar refractivity (Wildman–Crippen MR) is 86.9 cm³/mol. The second kappa shape index (κ2) is 8.11. The summed E-state index contributed by atoms with van der Waals surface area (Å²) in [5.74, 6) is 0.582. The molecule has 6 heteroatoms. The number of nitrogens with one attached hydrogen (secondary N) is 2. The third kappa shape index (κ3) is 4.91. The lowest BCUT2D eigenvalue weighted by Crippen LogP contribution is -2.49. The summed E-state index contributed by atoms with van der Waals surface area (Å²) < 4.78 is 5.51. The summed E-state index contributed by atoms with van der Waals surface area (Å²) in [6.07, 6.45) is 7.52. The van der Waals surface area contributed by atoms with E-state index in [0.717, 1.165) is 58.2 Å². The highest BCUT2D eigenvalue weighted by atomic mass is 16.5. The number of likely N-dealkylation sites (tertiary alicyclic amines) is 1. The molecule has 3 aliphatic rings. The van der Waals surface area contributed by atoms with Gasteiger partial charge in [-0.15, -0.1) is 0 Å². The van der Waals surface area contributed by atoms with Crippen LogP contribution in [0.5, 0.6) is 0 Å². The average Bonchev–Trinajstić information content (AvgIpc) is 2.99. The summed E-state index contributed by atoms with van der Waals surface area (Å²) >= 11 is 0. The lowest BCUT2D eigenvalue weighted by Gasteiger charge is -2.33. The fraction of sp³-hybridized carbons (Fsp3) is 0.882. The largest absolute Gasteiger partial charge is 0.376 e. The fourth-order valence-electron chi connectivity index (χ4n) is 3.52. The zero-order chi connectivity index (χ0) is 16.1. The molecule has 0 bridgehead atoms. The number of hydrogen-bond acceptors (Lipinski definition) is 4. The Morgan fingerprint density at radius 3 is 2.43 bits per heavy atom. The molecule has 2 amide bonds. The van der Waals surface area contributed by atoms with Gasteiger partial charge in [0.25, 0.3) is 0 Å². The Hall–Kier alpha value is -1.14. The van der Waals surface area contributed by atoms with Gasteiger partial charge in [-0.1, -0.05) is 6.42 Å². The summed E-state index contributed by atoms with van der Waals surface area (Å²) in [6, 6.07) is 0.286. The second-order valence-corrected chi connectivity index (χ2v) is 7.13. The molecule has 1 aliphatic carbocycles. The maximum atomic E-state index is 12.0. The molecule has 0 radical (unpaired) electrons. The van der Waals surface area contributed by atoms with Crippen LogP contribution in [0.2, 0.25) is 0 Å². The monoisotopic (exact) mass is 323 g/mol. The zero-order valence-corrected chi connectivity index (χ0v) is 13.9. The molecular weight excluding hydrogens is 294 g/mol. The van der Waals surface area contributed by atoms with Crippen LogP contribution in [0.4, 0.5) is 0 Å². The Balaban J connectivity index is 1.29. The third-order valence-electron chi connectivity index (χ3n) is 5.33. The van der Waals surface area contributed by atoms with Crippen molar-refractivity contribution in [3.05, 3.63) is 0 Å². The number of hydrogen-bond donors (Lipinski definition) is 2. The average molecular weight is 323 g/mol. The van der Waals surface area contributed by atoms with Gasteiger partial charge in [-0.05, 0) is 38.5 Å². The van der Waals surface area contributed by atoms with Gasteiger partial charge in [0.1, 0.15) is 0 Å². The lowest BCUT2D eigenvalue weighted by molar-refractivity contribution is -0.129. The van der Waals surface area contributed by atoms with Crippen molar-refractivity contribution in [1.82, 2.24) is 15.5 Å². The molecule has 23 heavy (non-hydrogen) atoms. The van der Waals surface area contributed by atoms with E-state index in [4.69, 9.17) is 4.74 Å². The molecule has 0 aromatic heterocycles. The number of ether oxygens (including phenoxy) is 1. The minimum absolute atomic E-state index is 0.0810. The number of carbonyl (C=O) groups excluding carboxylic acids is 2. The van der Waals surface area contributed by atoms with Crippen LogP contribution in [0.1, 0.15) is 44.9 Å². The summed E-state index contributed by atoms with van der Waals surface area (Å²) in [6.45, 7) is 3.66. The van der Waals surface area contributed by atoms with Gasteiger partial charge in [0.15, 0.2) is 0 Å². The van der Waals surface area contributed by atoms with E-state index in [0.29, 0.717) is 13.1 Å². The zero-order valence-electron chi connectivity index (χ0n) is 13.9. The van der Waals surface area contributed by atoms with Crippen molar-refractivity contribution in [2.24, 2.45) is 5.92 Å². The summed E-state index contributed by atoms with van der Waals surface area (Å²) in [4.78, 5) is 26.1. The smallest absolute Gasteiger partial charge is 0.234 e. The highest BCUT2D eigenvalue weighted by Gasteiger charge is 2.28. The number of piperidine rings is 1. The topological polar surface area (TPSA) is 70.7 Å². The van der Waals surface area contributed by atoms with E-state index >= 15 is 0 Å². The first kappa shape index (κ1) is 16.7. The molecule has 0 aromatic carbocycles. The standard InChI is InChI=1S/C17H29N3O3/c21-16(18-11-15-5-2-10-23-15)12-20-8-6-14(7-9-20)19-17(22)13-3-1-4-13/h13-15H,1-12H2,(H,18,21)(H,19,22). The van der Waals surface area contributed by atoms with Gasteiger partial charge >= 0.3 is 0 Å². The van der Waals surface area contributed by atoms with Crippen molar-refractivity contribution in [3.63, 3.8) is 0 Å². The van der Waals surface area contributed by atoms with Gasteiger partial charge in [0.05, 0.1) is 12.6 Å². The van der Waals surface area contributed by atoms with Crippen molar-refractivity contribution >= 4 is 11.8 Å². The molecular formula is C17H29N3O3. The van der Waals surface area contributed by atoms with Gasteiger partial charge in [0.2, 0.25) is 11.8 Å². The quantitative estimate of drug-likeness (QED) is 0.753. The second-order valence-electron chi connectivity index (χ2n) is 7.13. The van der Waals surface area contributed by atoms with Crippen LogP contribution in [-0.4, -0.2) is 61.6 Å². The number of rotatable bonds is 6. The molecule has 1 saturated carbocycles. The number of carbonyl (C=O) groups is 2. The Kier molecular flexibility index (Phi) is 5.89. The van der Waals surface area contributed by atoms with Gasteiger partial charge in [-0.3, -0.25) is 14.5 Å². The first-order valence-electron chi connectivity index (χ1n) is 9.12. The molecule has 3 rings (SSSR count). The van der Waals surface area contributed by atoms with Crippen molar-refractivity contribution in [2.45, 2.75) is 57.1 Å². The van der Waals surface area contributed by atoms with Crippen molar-refractivity contribution in [3.8, 4) is 0 Å². The minimum Gasteiger partial charge on any atom is -0.376 e. The third-order valence-corrected chi connectivity index (χ3v) is 5.33. The van der Waals surface area contributed by atoms with E-state index in [-0.39, 0.29) is 29.9 Å². The van der Waals surface area contributed by atoms with E-state index in [2.05, 4.69) is 15.5 Å². The molecule has 1 atom stereocenters. The maximum absolute atomic E-state index is 12.0. The molecule has 2 saturated heterocycles. The van der Waals surface area contributed by atoms with E-state index in [1.807, 2.05) is 0 Å². The first-order valence-corrected chi connectivity index (χ1v) is 9.12. The Bertz CT molecular complexity index is 411. The fourth-order valence-corrected chi connectivity index (χ4v) is 3.52. The van der Waals surface area contributed by atoms with Crippen molar-refractivity contribution in [2.75, 3.05) is 32.8 Å². The van der Waals surface area contributed by atoms with Gasteiger partial charge < -0.3 is 15.4 Å². The normalized spacial score (nSPS) is 26.7. The van der Waals surface area contributed by atoms with E-state index in [9.17, 15) is 9.59 Å². The molecule has 130 valence electrons. The number of amides is 2. The Morgan fingerprint density at radius 2 is 1.83 bits per heavy atom. The molecule has 0 spiro atoms. The molecule has 2 aliphatic heterocycles. The maximum Gasteiger partial charge on any atom is 0.234 e. The van der Waals surface area contributed by atoms with Crippen LogP contribution < -0.4 is 10.6 Å². The van der Waals surface area contributed by atoms with Crippen molar-refractivity contribution < 1.29 is 14.3 Å². The summed E-state index contributed by atoms with van der Waals surface area (Å²) in [7, 11) is 0. The van der Waals surface area contributed by atoms with Gasteiger partial charge in [-0.2, -0.15) is 0 Å². The van der Waals surface area contributed by atoms with E-state index in [1.165, 1.54) is 6.42 Å². The summed E-state index contributed by atoms with van der Waals surface area (Å²) in [5.41, 5.74) is 0. The lowest BCUT2D eigenvalue weighted by atomic mass is 9.84. The molecule has 2 heterocycles.